The Labute approximate surface area is 226 Å². The lowest BCUT2D eigenvalue weighted by atomic mass is 10.1. The van der Waals surface area contributed by atoms with Gasteiger partial charge in [-0.15, -0.1) is 0 Å². The lowest BCUT2D eigenvalue weighted by Crippen LogP contribution is -2.44. The number of halogens is 3. The van der Waals surface area contributed by atoms with Gasteiger partial charge in [-0.05, 0) is 42.7 Å². The highest BCUT2D eigenvalue weighted by molar-refractivity contribution is 5.96. The molecule has 0 aliphatic carbocycles. The molecule has 0 amide bonds. The Hall–Kier alpha value is -4.63. The number of benzene rings is 2. The molecule has 3 heterocycles. The van der Waals surface area contributed by atoms with E-state index in [4.69, 9.17) is 10.5 Å². The molecule has 4 aromatic rings. The first-order valence-electron chi connectivity index (χ1n) is 12.5. The number of nitrogens with zero attached hydrogens (tertiary/aromatic N) is 5. The molecule has 40 heavy (non-hydrogen) atoms. The van der Waals surface area contributed by atoms with Crippen molar-refractivity contribution in [3.63, 3.8) is 0 Å². The molecule has 0 unspecified atom stereocenters. The van der Waals surface area contributed by atoms with Crippen LogP contribution in [-0.4, -0.2) is 46.1 Å². The lowest BCUT2D eigenvalue weighted by Gasteiger charge is -2.33. The van der Waals surface area contributed by atoms with E-state index in [0.29, 0.717) is 30.2 Å². The Morgan fingerprint density at radius 3 is 2.65 bits per heavy atom. The van der Waals surface area contributed by atoms with Crippen molar-refractivity contribution in [2.24, 2.45) is 5.73 Å². The standard InChI is InChI=1S/C28H25F3N6O3/c1-40-19-6-2-4-17(10-19)23(38)14-36-15-34-25-20(11-32)27(35-7-3-5-18(33)13-35)37(26(25)28(36)39)12-16-8-21(29)24(31)22(30)9-16/h2,4,6,8-10,15,18H,3,5,7,12-14,33H2,1H3/t18-/m0/s1. The van der Waals surface area contributed by atoms with Crippen LogP contribution in [0, 0.1) is 28.8 Å². The number of methoxy groups -OCH3 is 1. The van der Waals surface area contributed by atoms with E-state index in [2.05, 4.69) is 11.1 Å². The van der Waals surface area contributed by atoms with E-state index in [9.17, 15) is 28.0 Å². The summed E-state index contributed by atoms with van der Waals surface area (Å²) in [6, 6.07) is 10.1. The Morgan fingerprint density at radius 2 is 1.98 bits per heavy atom. The third-order valence-electron chi connectivity index (χ3n) is 6.96. The Morgan fingerprint density at radius 1 is 1.23 bits per heavy atom. The number of nitriles is 1. The number of fused-ring (bicyclic) bond motifs is 1. The molecule has 5 rings (SSSR count). The van der Waals surface area contributed by atoms with Crippen LogP contribution in [-0.2, 0) is 13.1 Å². The van der Waals surface area contributed by atoms with Gasteiger partial charge in [-0.2, -0.15) is 5.26 Å². The summed E-state index contributed by atoms with van der Waals surface area (Å²) in [5.41, 5.74) is 6.05. The minimum atomic E-state index is -1.61. The minimum absolute atomic E-state index is 0.0302. The number of ether oxygens (including phenoxy) is 1. The topological polar surface area (TPSA) is 119 Å². The maximum atomic E-state index is 14.1. The average molecular weight is 551 g/mol. The van der Waals surface area contributed by atoms with E-state index < -0.39 is 23.0 Å². The van der Waals surface area contributed by atoms with Crippen molar-refractivity contribution in [1.29, 1.82) is 5.26 Å². The number of rotatable bonds is 7. The number of carbonyl (C=O) groups excluding carboxylic acids is 1. The van der Waals surface area contributed by atoms with E-state index in [1.54, 1.807) is 24.3 Å². The largest absolute Gasteiger partial charge is 0.497 e. The van der Waals surface area contributed by atoms with Crippen molar-refractivity contribution < 1.29 is 22.7 Å². The SMILES string of the molecule is COc1cccc(C(=O)Cn2cnc3c(C#N)c(N4CCC[C@H](N)C4)n(Cc4cc(F)c(F)c(F)c4)c3c2=O)c1. The number of anilines is 1. The second kappa shape index (κ2) is 10.9. The number of aromatic nitrogens is 3. The van der Waals surface area contributed by atoms with Crippen LogP contribution < -0.4 is 20.9 Å². The summed E-state index contributed by atoms with van der Waals surface area (Å²) in [6.07, 6.45) is 2.68. The molecular weight excluding hydrogens is 525 g/mol. The van der Waals surface area contributed by atoms with Crippen molar-refractivity contribution in [3.8, 4) is 11.8 Å². The molecule has 0 saturated carbocycles. The molecule has 9 nitrogen and oxygen atoms in total. The molecule has 1 fully saturated rings. The zero-order valence-electron chi connectivity index (χ0n) is 21.5. The van der Waals surface area contributed by atoms with Crippen LogP contribution in [0.1, 0.15) is 34.3 Å². The van der Waals surface area contributed by atoms with E-state index >= 15 is 0 Å². The van der Waals surface area contributed by atoms with Crippen molar-refractivity contribution in [1.82, 2.24) is 14.1 Å². The first-order chi connectivity index (χ1) is 19.2. The normalized spacial score (nSPS) is 15.3. The fraction of sp³-hybridized carbons (Fsp3) is 0.286. The summed E-state index contributed by atoms with van der Waals surface area (Å²) in [5, 5.41) is 10.1. The molecule has 12 heteroatoms. The zero-order chi connectivity index (χ0) is 28.6. The minimum Gasteiger partial charge on any atom is -0.497 e. The summed E-state index contributed by atoms with van der Waals surface area (Å²) in [6.45, 7) is 0.275. The van der Waals surface area contributed by atoms with Crippen LogP contribution in [0.4, 0.5) is 19.0 Å². The summed E-state index contributed by atoms with van der Waals surface area (Å²) in [5.74, 6) is -3.96. The Bertz CT molecular complexity index is 1700. The van der Waals surface area contributed by atoms with Crippen molar-refractivity contribution in [3.05, 3.63) is 87.2 Å². The molecule has 206 valence electrons. The number of Topliss-reactive ketones (excluding diaryl/α,β-unsaturated/α-hetero) is 1. The van der Waals surface area contributed by atoms with Crippen LogP contribution >= 0.6 is 0 Å². The first-order valence-corrected chi connectivity index (χ1v) is 12.5. The molecule has 1 aliphatic heterocycles. The maximum Gasteiger partial charge on any atom is 0.278 e. The molecule has 1 aliphatic rings. The van der Waals surface area contributed by atoms with Crippen molar-refractivity contribution in [2.75, 3.05) is 25.1 Å². The van der Waals surface area contributed by atoms with Crippen molar-refractivity contribution in [2.45, 2.75) is 32.0 Å². The zero-order valence-corrected chi connectivity index (χ0v) is 21.5. The van der Waals surface area contributed by atoms with Gasteiger partial charge in [0.15, 0.2) is 23.2 Å². The van der Waals surface area contributed by atoms with Gasteiger partial charge >= 0.3 is 0 Å². The molecule has 0 radical (unpaired) electrons. The average Bonchev–Trinajstić information content (AvgIpc) is 3.26. The molecule has 0 spiro atoms. The third kappa shape index (κ3) is 4.91. The van der Waals surface area contributed by atoms with Crippen LogP contribution in [0.15, 0.2) is 47.5 Å². The van der Waals surface area contributed by atoms with E-state index in [1.807, 2.05) is 4.90 Å². The summed E-state index contributed by atoms with van der Waals surface area (Å²) in [7, 11) is 1.47. The number of hydrogen-bond acceptors (Lipinski definition) is 7. The highest BCUT2D eigenvalue weighted by Gasteiger charge is 2.29. The molecule has 2 aromatic heterocycles. The van der Waals surface area contributed by atoms with Gasteiger partial charge < -0.3 is 19.9 Å². The van der Waals surface area contributed by atoms with Gasteiger partial charge in [0.1, 0.15) is 34.2 Å². The second-order valence-electron chi connectivity index (χ2n) is 9.65. The lowest BCUT2D eigenvalue weighted by molar-refractivity contribution is 0.0970. The summed E-state index contributed by atoms with van der Waals surface area (Å²) < 4.78 is 49.6. The third-order valence-corrected chi connectivity index (χ3v) is 6.96. The van der Waals surface area contributed by atoms with Crippen LogP contribution in [0.2, 0.25) is 0 Å². The van der Waals surface area contributed by atoms with E-state index in [0.717, 1.165) is 29.5 Å². The molecule has 2 N–H and O–H groups in total. The van der Waals surface area contributed by atoms with Gasteiger partial charge in [0, 0.05) is 24.7 Å². The molecular formula is C28H25F3N6O3. The predicted octanol–water partition coefficient (Wildman–Crippen LogP) is 3.35. The number of hydrogen-bond donors (Lipinski definition) is 1. The molecule has 0 bridgehead atoms. The van der Waals surface area contributed by atoms with Gasteiger partial charge in [0.25, 0.3) is 5.56 Å². The van der Waals surface area contributed by atoms with Crippen LogP contribution in [0.3, 0.4) is 0 Å². The second-order valence-corrected chi connectivity index (χ2v) is 9.65. The first kappa shape index (κ1) is 27.0. The number of carbonyl (C=O) groups is 1. The van der Waals surface area contributed by atoms with Gasteiger partial charge in [-0.3, -0.25) is 14.2 Å². The van der Waals surface area contributed by atoms with Crippen LogP contribution in [0.25, 0.3) is 11.0 Å². The quantitative estimate of drug-likeness (QED) is 0.277. The van der Waals surface area contributed by atoms with Gasteiger partial charge in [0.2, 0.25) is 0 Å². The Kier molecular flexibility index (Phi) is 7.32. The summed E-state index contributed by atoms with van der Waals surface area (Å²) in [4.78, 5) is 33.0. The fourth-order valence-corrected chi connectivity index (χ4v) is 5.08. The predicted molar refractivity (Wildman–Crippen MR) is 141 cm³/mol. The molecule has 1 saturated heterocycles. The number of ketones is 1. The smallest absolute Gasteiger partial charge is 0.278 e. The van der Waals surface area contributed by atoms with Gasteiger partial charge in [0.05, 0.1) is 26.5 Å². The van der Waals surface area contributed by atoms with E-state index in [1.165, 1.54) is 18.0 Å². The monoisotopic (exact) mass is 550 g/mol. The summed E-state index contributed by atoms with van der Waals surface area (Å²) >= 11 is 0. The number of piperidine rings is 1. The van der Waals surface area contributed by atoms with Crippen LogP contribution in [0.5, 0.6) is 5.75 Å². The highest BCUT2D eigenvalue weighted by Crippen LogP contribution is 2.32. The van der Waals surface area contributed by atoms with E-state index in [-0.39, 0.29) is 47.1 Å². The molecule has 1 atom stereocenters. The Balaban J connectivity index is 1.67. The molecule has 2 aromatic carbocycles. The number of nitrogens with two attached hydrogens (primary N) is 1. The van der Waals surface area contributed by atoms with Gasteiger partial charge in [-0.1, -0.05) is 12.1 Å². The highest BCUT2D eigenvalue weighted by atomic mass is 19.2. The maximum absolute atomic E-state index is 14.1. The van der Waals surface area contributed by atoms with Gasteiger partial charge in [-0.25, -0.2) is 18.2 Å². The van der Waals surface area contributed by atoms with Crippen molar-refractivity contribution >= 4 is 22.6 Å². The fourth-order valence-electron chi connectivity index (χ4n) is 5.08.